The first kappa shape index (κ1) is 12.9. The summed E-state index contributed by atoms with van der Waals surface area (Å²) in [5, 5.41) is 3.31. The lowest BCUT2D eigenvalue weighted by Crippen LogP contribution is -2.43. The Balaban J connectivity index is 1.99. The van der Waals surface area contributed by atoms with Crippen molar-refractivity contribution in [2.75, 3.05) is 26.2 Å². The number of nitrogens with one attached hydrogen (secondary N) is 1. The van der Waals surface area contributed by atoms with Crippen LogP contribution in [0.15, 0.2) is 0 Å². The van der Waals surface area contributed by atoms with Gasteiger partial charge in [-0.1, -0.05) is 20.8 Å². The Morgan fingerprint density at radius 2 is 2.12 bits per heavy atom. The summed E-state index contributed by atoms with van der Waals surface area (Å²) in [5.41, 5.74) is 0.177. The van der Waals surface area contributed by atoms with Crippen LogP contribution in [0.2, 0.25) is 0 Å². The molecule has 3 nitrogen and oxygen atoms in total. The standard InChI is InChI=1S/C14H26N2O/c1-13(2,3)11-5-8-16(9-11)12(17)14(4)6-7-15-10-14/h11,15H,5-10H2,1-4H3. The molecule has 0 aromatic heterocycles. The van der Waals surface area contributed by atoms with Gasteiger partial charge in [-0.05, 0) is 37.6 Å². The minimum atomic E-state index is -0.146. The van der Waals surface area contributed by atoms with Crippen molar-refractivity contribution in [3.05, 3.63) is 0 Å². The number of carbonyl (C=O) groups excluding carboxylic acids is 1. The van der Waals surface area contributed by atoms with E-state index in [1.807, 2.05) is 0 Å². The van der Waals surface area contributed by atoms with Gasteiger partial charge in [0.25, 0.3) is 0 Å². The fourth-order valence-corrected chi connectivity index (χ4v) is 3.03. The Kier molecular flexibility index (Phi) is 3.23. The van der Waals surface area contributed by atoms with Crippen LogP contribution < -0.4 is 5.32 Å². The average Bonchev–Trinajstić information content (AvgIpc) is 2.84. The minimum Gasteiger partial charge on any atom is -0.342 e. The molecule has 0 saturated carbocycles. The summed E-state index contributed by atoms with van der Waals surface area (Å²) in [6, 6.07) is 0. The van der Waals surface area contributed by atoms with Gasteiger partial charge in [-0.25, -0.2) is 0 Å². The van der Waals surface area contributed by atoms with E-state index < -0.39 is 0 Å². The molecule has 0 bridgehead atoms. The molecule has 0 radical (unpaired) electrons. The van der Waals surface area contributed by atoms with E-state index in [9.17, 15) is 4.79 Å². The SMILES string of the molecule is CC1(C(=O)N2CCC(C(C)(C)C)C2)CCNC1. The molecule has 2 fully saturated rings. The number of nitrogens with zero attached hydrogens (tertiary/aromatic N) is 1. The van der Waals surface area contributed by atoms with E-state index in [-0.39, 0.29) is 5.41 Å². The first-order valence-corrected chi connectivity index (χ1v) is 6.83. The van der Waals surface area contributed by atoms with Gasteiger partial charge in [-0.2, -0.15) is 0 Å². The summed E-state index contributed by atoms with van der Waals surface area (Å²) in [6.45, 7) is 12.7. The summed E-state index contributed by atoms with van der Waals surface area (Å²) < 4.78 is 0. The van der Waals surface area contributed by atoms with Crippen molar-refractivity contribution in [3.8, 4) is 0 Å². The quantitative estimate of drug-likeness (QED) is 0.756. The Bertz CT molecular complexity index is 300. The van der Waals surface area contributed by atoms with Crippen LogP contribution in [-0.2, 0) is 4.79 Å². The molecule has 0 aromatic carbocycles. The molecule has 0 spiro atoms. The summed E-state index contributed by atoms with van der Waals surface area (Å²) in [4.78, 5) is 14.6. The third kappa shape index (κ3) is 2.49. The van der Waals surface area contributed by atoms with E-state index in [1.165, 1.54) is 6.42 Å². The molecule has 1 N–H and O–H groups in total. The van der Waals surface area contributed by atoms with Gasteiger partial charge in [0, 0.05) is 19.6 Å². The minimum absolute atomic E-state index is 0.146. The molecule has 2 aliphatic rings. The van der Waals surface area contributed by atoms with E-state index in [4.69, 9.17) is 0 Å². The van der Waals surface area contributed by atoms with E-state index in [1.54, 1.807) is 0 Å². The molecule has 2 heterocycles. The fraction of sp³-hybridized carbons (Fsp3) is 0.929. The van der Waals surface area contributed by atoms with Crippen molar-refractivity contribution in [2.24, 2.45) is 16.7 Å². The molecule has 2 rings (SSSR count). The van der Waals surface area contributed by atoms with Gasteiger partial charge >= 0.3 is 0 Å². The maximum atomic E-state index is 12.5. The molecule has 2 atom stereocenters. The van der Waals surface area contributed by atoms with Crippen LogP contribution in [0.5, 0.6) is 0 Å². The van der Waals surface area contributed by atoms with Crippen LogP contribution in [0, 0.1) is 16.7 Å². The predicted octanol–water partition coefficient (Wildman–Crippen LogP) is 1.88. The second-order valence-corrected chi connectivity index (χ2v) is 7.09. The lowest BCUT2D eigenvalue weighted by molar-refractivity contribution is -0.139. The smallest absolute Gasteiger partial charge is 0.229 e. The highest BCUT2D eigenvalue weighted by Gasteiger charge is 2.42. The molecule has 2 aliphatic heterocycles. The van der Waals surface area contributed by atoms with Gasteiger partial charge in [-0.3, -0.25) is 4.79 Å². The second-order valence-electron chi connectivity index (χ2n) is 7.09. The topological polar surface area (TPSA) is 32.3 Å². The van der Waals surface area contributed by atoms with Crippen molar-refractivity contribution in [1.82, 2.24) is 10.2 Å². The van der Waals surface area contributed by atoms with Crippen LogP contribution in [-0.4, -0.2) is 37.0 Å². The molecular formula is C14H26N2O. The highest BCUT2D eigenvalue weighted by atomic mass is 16.2. The molecule has 98 valence electrons. The Labute approximate surface area is 105 Å². The predicted molar refractivity (Wildman–Crippen MR) is 69.7 cm³/mol. The third-order valence-corrected chi connectivity index (χ3v) is 4.59. The van der Waals surface area contributed by atoms with Crippen LogP contribution in [0.25, 0.3) is 0 Å². The molecule has 0 aromatic rings. The highest BCUT2D eigenvalue weighted by Crippen LogP contribution is 2.36. The normalized spacial score (nSPS) is 34.4. The lowest BCUT2D eigenvalue weighted by atomic mass is 9.80. The third-order valence-electron chi connectivity index (χ3n) is 4.59. The highest BCUT2D eigenvalue weighted by molar-refractivity contribution is 5.83. The largest absolute Gasteiger partial charge is 0.342 e. The summed E-state index contributed by atoms with van der Waals surface area (Å²) in [5.74, 6) is 1.03. The van der Waals surface area contributed by atoms with Crippen molar-refractivity contribution < 1.29 is 4.79 Å². The van der Waals surface area contributed by atoms with Gasteiger partial charge in [-0.15, -0.1) is 0 Å². The molecule has 1 amide bonds. The van der Waals surface area contributed by atoms with E-state index >= 15 is 0 Å². The van der Waals surface area contributed by atoms with Gasteiger partial charge in [0.05, 0.1) is 5.41 Å². The molecule has 2 unspecified atom stereocenters. The molecule has 17 heavy (non-hydrogen) atoms. The zero-order chi connectivity index (χ0) is 12.7. The number of hydrogen-bond acceptors (Lipinski definition) is 2. The Morgan fingerprint density at radius 1 is 1.41 bits per heavy atom. The van der Waals surface area contributed by atoms with E-state index in [0.717, 1.165) is 32.6 Å². The average molecular weight is 238 g/mol. The van der Waals surface area contributed by atoms with Crippen LogP contribution in [0.3, 0.4) is 0 Å². The molecule has 0 aliphatic carbocycles. The van der Waals surface area contributed by atoms with E-state index in [0.29, 0.717) is 17.2 Å². The number of carbonyl (C=O) groups is 1. The Morgan fingerprint density at radius 3 is 2.59 bits per heavy atom. The second kappa shape index (κ2) is 4.27. The van der Waals surface area contributed by atoms with Crippen LogP contribution in [0.4, 0.5) is 0 Å². The molecular weight excluding hydrogens is 212 g/mol. The van der Waals surface area contributed by atoms with Crippen LogP contribution in [0.1, 0.15) is 40.5 Å². The maximum absolute atomic E-state index is 12.5. The van der Waals surface area contributed by atoms with Crippen molar-refractivity contribution in [2.45, 2.75) is 40.5 Å². The Hall–Kier alpha value is -0.570. The van der Waals surface area contributed by atoms with Crippen LogP contribution >= 0.6 is 0 Å². The fourth-order valence-electron chi connectivity index (χ4n) is 3.03. The van der Waals surface area contributed by atoms with Gasteiger partial charge in [0.15, 0.2) is 0 Å². The van der Waals surface area contributed by atoms with Gasteiger partial charge in [0.1, 0.15) is 0 Å². The summed E-state index contributed by atoms with van der Waals surface area (Å²) in [7, 11) is 0. The molecule has 2 saturated heterocycles. The zero-order valence-corrected chi connectivity index (χ0v) is 11.7. The number of amides is 1. The number of rotatable bonds is 1. The van der Waals surface area contributed by atoms with Gasteiger partial charge < -0.3 is 10.2 Å². The number of hydrogen-bond donors (Lipinski definition) is 1. The monoisotopic (exact) mass is 238 g/mol. The maximum Gasteiger partial charge on any atom is 0.229 e. The first-order valence-electron chi connectivity index (χ1n) is 6.83. The van der Waals surface area contributed by atoms with Gasteiger partial charge in [0.2, 0.25) is 5.91 Å². The lowest BCUT2D eigenvalue weighted by Gasteiger charge is -2.30. The summed E-state index contributed by atoms with van der Waals surface area (Å²) >= 11 is 0. The number of likely N-dealkylation sites (tertiary alicyclic amines) is 1. The van der Waals surface area contributed by atoms with Crippen molar-refractivity contribution in [3.63, 3.8) is 0 Å². The van der Waals surface area contributed by atoms with Crippen molar-refractivity contribution in [1.29, 1.82) is 0 Å². The first-order chi connectivity index (χ1) is 7.83. The summed E-state index contributed by atoms with van der Waals surface area (Å²) in [6.07, 6.45) is 2.15. The zero-order valence-electron chi connectivity index (χ0n) is 11.7. The molecule has 3 heteroatoms. The van der Waals surface area contributed by atoms with Crippen molar-refractivity contribution >= 4 is 5.91 Å². The van der Waals surface area contributed by atoms with E-state index in [2.05, 4.69) is 37.9 Å².